The van der Waals surface area contributed by atoms with E-state index in [0.29, 0.717) is 11.7 Å². The molecule has 15 heavy (non-hydrogen) atoms. The summed E-state index contributed by atoms with van der Waals surface area (Å²) in [6.07, 6.45) is 6.38. The number of aryl methyl sites for hydroxylation is 1. The summed E-state index contributed by atoms with van der Waals surface area (Å²) >= 11 is 0. The first-order valence-electron chi connectivity index (χ1n) is 5.64. The van der Waals surface area contributed by atoms with Crippen LogP contribution in [0.1, 0.15) is 43.1 Å². The topological polar surface area (TPSA) is 46.9 Å². The normalized spacial score (nSPS) is 16.9. The number of aromatic nitrogens is 2. The molecule has 0 radical (unpaired) electrons. The van der Waals surface area contributed by atoms with E-state index in [9.17, 15) is 4.79 Å². The lowest BCUT2D eigenvalue weighted by Crippen LogP contribution is -2.34. The molecule has 4 heteroatoms. The van der Waals surface area contributed by atoms with Gasteiger partial charge in [0.05, 0.1) is 0 Å². The molecule has 1 aromatic heterocycles. The van der Waals surface area contributed by atoms with Crippen molar-refractivity contribution in [2.45, 2.75) is 45.2 Å². The van der Waals surface area contributed by atoms with Gasteiger partial charge in [-0.05, 0) is 25.8 Å². The van der Waals surface area contributed by atoms with Gasteiger partial charge in [-0.1, -0.05) is 12.8 Å². The van der Waals surface area contributed by atoms with E-state index in [1.54, 1.807) is 16.9 Å². The fraction of sp³-hybridized carbons (Fsp3) is 0.636. The fourth-order valence-electron chi connectivity index (χ4n) is 2.11. The summed E-state index contributed by atoms with van der Waals surface area (Å²) in [6, 6.07) is 2.14. The summed E-state index contributed by atoms with van der Waals surface area (Å²) in [7, 11) is 0. The SMILES string of the molecule is CCn1nccc1C(=O)NC1CCCC1. The monoisotopic (exact) mass is 207 g/mol. The average Bonchev–Trinajstić information content (AvgIpc) is 2.86. The minimum absolute atomic E-state index is 0.0150. The van der Waals surface area contributed by atoms with E-state index in [1.165, 1.54) is 12.8 Å². The minimum atomic E-state index is 0.0150. The first kappa shape index (κ1) is 10.2. The van der Waals surface area contributed by atoms with Gasteiger partial charge in [-0.3, -0.25) is 9.48 Å². The van der Waals surface area contributed by atoms with E-state index in [4.69, 9.17) is 0 Å². The van der Waals surface area contributed by atoms with Crippen LogP contribution in [0.2, 0.25) is 0 Å². The smallest absolute Gasteiger partial charge is 0.269 e. The second-order valence-electron chi connectivity index (χ2n) is 3.99. The average molecular weight is 207 g/mol. The second kappa shape index (κ2) is 4.47. The Labute approximate surface area is 89.7 Å². The van der Waals surface area contributed by atoms with Crippen molar-refractivity contribution in [3.63, 3.8) is 0 Å². The summed E-state index contributed by atoms with van der Waals surface area (Å²) in [5.74, 6) is 0.0150. The molecule has 0 bridgehead atoms. The summed E-state index contributed by atoms with van der Waals surface area (Å²) in [5, 5.41) is 7.14. The van der Waals surface area contributed by atoms with Gasteiger partial charge in [-0.25, -0.2) is 0 Å². The number of carbonyl (C=O) groups excluding carboxylic acids is 1. The molecular weight excluding hydrogens is 190 g/mol. The first-order valence-corrected chi connectivity index (χ1v) is 5.64. The number of carbonyl (C=O) groups is 1. The van der Waals surface area contributed by atoms with E-state index in [1.807, 2.05) is 6.92 Å². The van der Waals surface area contributed by atoms with Gasteiger partial charge in [-0.15, -0.1) is 0 Å². The predicted octanol–water partition coefficient (Wildman–Crippen LogP) is 1.58. The maximum Gasteiger partial charge on any atom is 0.269 e. The third-order valence-corrected chi connectivity index (χ3v) is 2.94. The second-order valence-corrected chi connectivity index (χ2v) is 3.99. The number of hydrogen-bond acceptors (Lipinski definition) is 2. The summed E-state index contributed by atoms with van der Waals surface area (Å²) in [4.78, 5) is 11.9. The number of rotatable bonds is 3. The molecule has 1 saturated carbocycles. The largest absolute Gasteiger partial charge is 0.348 e. The van der Waals surface area contributed by atoms with E-state index >= 15 is 0 Å². The quantitative estimate of drug-likeness (QED) is 0.818. The number of hydrogen-bond donors (Lipinski definition) is 1. The molecule has 4 nitrogen and oxygen atoms in total. The van der Waals surface area contributed by atoms with Gasteiger partial charge in [-0.2, -0.15) is 5.10 Å². The maximum absolute atomic E-state index is 11.9. The highest BCUT2D eigenvalue weighted by Gasteiger charge is 2.19. The molecule has 1 aromatic rings. The highest BCUT2D eigenvalue weighted by molar-refractivity contribution is 5.92. The van der Waals surface area contributed by atoms with Crippen LogP contribution in [0.25, 0.3) is 0 Å². The van der Waals surface area contributed by atoms with Crippen LogP contribution < -0.4 is 5.32 Å². The van der Waals surface area contributed by atoms with E-state index in [2.05, 4.69) is 10.4 Å². The van der Waals surface area contributed by atoms with Gasteiger partial charge in [0, 0.05) is 18.8 Å². The Morgan fingerprint density at radius 3 is 3.00 bits per heavy atom. The third kappa shape index (κ3) is 2.19. The lowest BCUT2D eigenvalue weighted by atomic mass is 10.2. The van der Waals surface area contributed by atoms with Crippen LogP contribution in [-0.4, -0.2) is 21.7 Å². The van der Waals surface area contributed by atoms with Crippen LogP contribution in [0.15, 0.2) is 12.3 Å². The summed E-state index contributed by atoms with van der Waals surface area (Å²) < 4.78 is 1.73. The molecule has 0 saturated heterocycles. The lowest BCUT2D eigenvalue weighted by Gasteiger charge is -2.12. The van der Waals surface area contributed by atoms with E-state index in [0.717, 1.165) is 19.4 Å². The van der Waals surface area contributed by atoms with Gasteiger partial charge >= 0.3 is 0 Å². The zero-order valence-electron chi connectivity index (χ0n) is 9.07. The Kier molecular flexibility index (Phi) is 3.04. The molecule has 0 atom stereocenters. The van der Waals surface area contributed by atoms with Gasteiger partial charge in [0.1, 0.15) is 5.69 Å². The number of amides is 1. The van der Waals surface area contributed by atoms with E-state index in [-0.39, 0.29) is 5.91 Å². The molecule has 1 amide bonds. The standard InChI is InChI=1S/C11H17N3O/c1-2-14-10(7-8-12-14)11(15)13-9-5-3-4-6-9/h7-9H,2-6H2,1H3,(H,13,15). The molecule has 1 N–H and O–H groups in total. The van der Waals surface area contributed by atoms with Gasteiger partial charge in [0.2, 0.25) is 0 Å². The van der Waals surface area contributed by atoms with Gasteiger partial charge in [0.25, 0.3) is 5.91 Å². The Morgan fingerprint density at radius 1 is 1.60 bits per heavy atom. The van der Waals surface area contributed by atoms with Crippen molar-refractivity contribution >= 4 is 5.91 Å². The molecule has 1 aliphatic rings. The van der Waals surface area contributed by atoms with Gasteiger partial charge in [0.15, 0.2) is 0 Å². The van der Waals surface area contributed by atoms with Crippen molar-refractivity contribution in [3.05, 3.63) is 18.0 Å². The minimum Gasteiger partial charge on any atom is -0.348 e. The summed E-state index contributed by atoms with van der Waals surface area (Å²) in [6.45, 7) is 2.72. The van der Waals surface area contributed by atoms with Crippen LogP contribution in [0, 0.1) is 0 Å². The van der Waals surface area contributed by atoms with Crippen molar-refractivity contribution in [3.8, 4) is 0 Å². The molecule has 0 aliphatic heterocycles. The highest BCUT2D eigenvalue weighted by atomic mass is 16.2. The van der Waals surface area contributed by atoms with Crippen LogP contribution in [0.4, 0.5) is 0 Å². The number of nitrogens with zero attached hydrogens (tertiary/aromatic N) is 2. The van der Waals surface area contributed by atoms with E-state index < -0.39 is 0 Å². The Bertz CT molecular complexity index is 339. The Hall–Kier alpha value is -1.32. The Balaban J connectivity index is 2.00. The molecule has 0 unspecified atom stereocenters. The summed E-state index contributed by atoms with van der Waals surface area (Å²) in [5.41, 5.74) is 0.671. The molecule has 1 fully saturated rings. The fourth-order valence-corrected chi connectivity index (χ4v) is 2.11. The first-order chi connectivity index (χ1) is 7.31. The molecule has 82 valence electrons. The van der Waals surface area contributed by atoms with Crippen LogP contribution in [0.5, 0.6) is 0 Å². The zero-order valence-corrected chi connectivity index (χ0v) is 9.07. The number of nitrogens with one attached hydrogen (secondary N) is 1. The molecule has 0 aromatic carbocycles. The lowest BCUT2D eigenvalue weighted by molar-refractivity contribution is 0.0927. The van der Waals surface area contributed by atoms with Crippen LogP contribution in [-0.2, 0) is 6.54 Å². The van der Waals surface area contributed by atoms with Crippen molar-refractivity contribution in [2.75, 3.05) is 0 Å². The van der Waals surface area contributed by atoms with Crippen LogP contribution >= 0.6 is 0 Å². The highest BCUT2D eigenvalue weighted by Crippen LogP contribution is 2.18. The molecule has 2 rings (SSSR count). The van der Waals surface area contributed by atoms with Crippen molar-refractivity contribution in [2.24, 2.45) is 0 Å². The van der Waals surface area contributed by atoms with Gasteiger partial charge < -0.3 is 5.32 Å². The molecule has 1 heterocycles. The molecule has 1 aliphatic carbocycles. The predicted molar refractivity (Wildman–Crippen MR) is 57.6 cm³/mol. The van der Waals surface area contributed by atoms with Crippen LogP contribution in [0.3, 0.4) is 0 Å². The molecular formula is C11H17N3O. The zero-order chi connectivity index (χ0) is 10.7. The van der Waals surface area contributed by atoms with Crippen molar-refractivity contribution < 1.29 is 4.79 Å². The van der Waals surface area contributed by atoms with Crippen molar-refractivity contribution in [1.82, 2.24) is 15.1 Å². The Morgan fingerprint density at radius 2 is 2.33 bits per heavy atom. The maximum atomic E-state index is 11.9. The molecule has 0 spiro atoms. The van der Waals surface area contributed by atoms with Crippen molar-refractivity contribution in [1.29, 1.82) is 0 Å². The third-order valence-electron chi connectivity index (χ3n) is 2.94.